The van der Waals surface area contributed by atoms with Crippen LogP contribution in [0.25, 0.3) is 0 Å². The van der Waals surface area contributed by atoms with Crippen LogP contribution in [0.3, 0.4) is 0 Å². The van der Waals surface area contributed by atoms with Crippen LogP contribution < -0.4 is 10.1 Å². The predicted molar refractivity (Wildman–Crippen MR) is 91.2 cm³/mol. The molecule has 0 aliphatic rings. The minimum atomic E-state index is -0.647. The van der Waals surface area contributed by atoms with Crippen LogP contribution in [0.4, 0.5) is 0 Å². The van der Waals surface area contributed by atoms with Crippen molar-refractivity contribution < 1.29 is 14.3 Å². The van der Waals surface area contributed by atoms with Gasteiger partial charge in [-0.3, -0.25) is 4.79 Å². The van der Waals surface area contributed by atoms with Gasteiger partial charge in [-0.1, -0.05) is 59.6 Å². The fourth-order valence-electron chi connectivity index (χ4n) is 2.05. The Morgan fingerprint density at radius 3 is 2.57 bits per heavy atom. The van der Waals surface area contributed by atoms with Crippen molar-refractivity contribution in [2.45, 2.75) is 6.10 Å². The lowest BCUT2D eigenvalue weighted by atomic mass is 10.1. The summed E-state index contributed by atoms with van der Waals surface area (Å²) in [6, 6.07) is 14.4. The third-order valence-electron chi connectivity index (χ3n) is 3.15. The highest BCUT2D eigenvalue weighted by atomic mass is 35.5. The molecule has 1 atom stereocenters. The normalized spacial score (nSPS) is 11.8. The molecule has 0 aliphatic carbocycles. The molecule has 0 bridgehead atoms. The van der Waals surface area contributed by atoms with Crippen molar-refractivity contribution in [2.24, 2.45) is 0 Å². The van der Waals surface area contributed by atoms with E-state index < -0.39 is 6.10 Å². The van der Waals surface area contributed by atoms with Gasteiger partial charge in [0.1, 0.15) is 17.4 Å². The molecular weight excluding hydrogens is 337 g/mol. The van der Waals surface area contributed by atoms with Crippen molar-refractivity contribution >= 4 is 29.1 Å². The summed E-state index contributed by atoms with van der Waals surface area (Å²) in [6.07, 6.45) is -0.647. The summed E-state index contributed by atoms with van der Waals surface area (Å²) in [4.78, 5) is 12.2. The maximum Gasteiger partial charge on any atom is 0.253 e. The van der Waals surface area contributed by atoms with Gasteiger partial charge in [0.25, 0.3) is 5.91 Å². The molecule has 2 aromatic carbocycles. The quantitative estimate of drug-likeness (QED) is 0.768. The molecule has 0 spiro atoms. The van der Waals surface area contributed by atoms with Crippen molar-refractivity contribution in [3.63, 3.8) is 0 Å². The van der Waals surface area contributed by atoms with Gasteiger partial charge in [-0.25, -0.2) is 0 Å². The van der Waals surface area contributed by atoms with Crippen molar-refractivity contribution in [1.29, 1.82) is 0 Å². The van der Waals surface area contributed by atoms with E-state index in [1.165, 1.54) is 7.11 Å². The van der Waals surface area contributed by atoms with Gasteiger partial charge in [-0.05, 0) is 17.7 Å². The number of carbonyl (C=O) groups is 1. The zero-order chi connectivity index (χ0) is 16.7. The maximum absolute atomic E-state index is 12.2. The van der Waals surface area contributed by atoms with Crippen LogP contribution in [0.1, 0.15) is 11.7 Å². The number of ether oxygens (including phenoxy) is 2. The van der Waals surface area contributed by atoms with Crippen LogP contribution in [-0.2, 0) is 9.53 Å². The van der Waals surface area contributed by atoms with Crippen molar-refractivity contribution in [3.8, 4) is 5.75 Å². The lowest BCUT2D eigenvalue weighted by molar-refractivity contribution is -0.131. The number of amides is 1. The van der Waals surface area contributed by atoms with Crippen molar-refractivity contribution in [3.05, 3.63) is 64.1 Å². The van der Waals surface area contributed by atoms with Gasteiger partial charge in [0.15, 0.2) is 6.10 Å². The number of benzene rings is 2. The van der Waals surface area contributed by atoms with Gasteiger partial charge in [0.2, 0.25) is 0 Å². The average Bonchev–Trinajstić information content (AvgIpc) is 2.57. The zero-order valence-electron chi connectivity index (χ0n) is 12.6. The van der Waals surface area contributed by atoms with E-state index in [0.717, 1.165) is 5.56 Å². The highest BCUT2D eigenvalue weighted by Gasteiger charge is 2.19. The van der Waals surface area contributed by atoms with E-state index in [-0.39, 0.29) is 12.5 Å². The number of hydrogen-bond donors (Lipinski definition) is 1. The van der Waals surface area contributed by atoms with Gasteiger partial charge in [-0.15, -0.1) is 0 Å². The molecule has 0 fully saturated rings. The summed E-state index contributed by atoms with van der Waals surface area (Å²) in [5.74, 6) is 0.263. The van der Waals surface area contributed by atoms with E-state index in [2.05, 4.69) is 5.32 Å². The number of halogens is 2. The van der Waals surface area contributed by atoms with Gasteiger partial charge >= 0.3 is 0 Å². The molecule has 0 radical (unpaired) electrons. The molecule has 0 aliphatic heterocycles. The van der Waals surface area contributed by atoms with Crippen LogP contribution in [0.2, 0.25) is 10.0 Å². The number of methoxy groups -OCH3 is 1. The largest absolute Gasteiger partial charge is 0.490 e. The van der Waals surface area contributed by atoms with Crippen molar-refractivity contribution in [2.75, 3.05) is 20.3 Å². The van der Waals surface area contributed by atoms with Crippen LogP contribution in [0.15, 0.2) is 48.5 Å². The van der Waals surface area contributed by atoms with E-state index in [1.54, 1.807) is 18.2 Å². The molecule has 1 amide bonds. The Kier molecular flexibility index (Phi) is 6.71. The Bertz CT molecular complexity index is 650. The monoisotopic (exact) mass is 353 g/mol. The minimum Gasteiger partial charge on any atom is -0.490 e. The molecule has 122 valence electrons. The van der Waals surface area contributed by atoms with Gasteiger partial charge in [0.05, 0.1) is 11.6 Å². The predicted octanol–water partition coefficient (Wildman–Crippen LogP) is 3.88. The molecule has 1 N–H and O–H groups in total. The second-order valence-corrected chi connectivity index (χ2v) is 5.50. The molecular formula is C17H17Cl2NO3. The van der Waals surface area contributed by atoms with E-state index in [4.69, 9.17) is 32.7 Å². The third kappa shape index (κ3) is 4.86. The fraction of sp³-hybridized carbons (Fsp3) is 0.235. The second-order valence-electron chi connectivity index (χ2n) is 4.72. The highest BCUT2D eigenvalue weighted by Crippen LogP contribution is 2.31. The van der Waals surface area contributed by atoms with E-state index in [0.29, 0.717) is 22.3 Å². The van der Waals surface area contributed by atoms with Crippen LogP contribution >= 0.6 is 23.2 Å². The smallest absolute Gasteiger partial charge is 0.253 e. The molecule has 0 unspecified atom stereocenters. The highest BCUT2D eigenvalue weighted by molar-refractivity contribution is 6.42. The maximum atomic E-state index is 12.2. The molecule has 2 rings (SSSR count). The number of rotatable bonds is 7. The summed E-state index contributed by atoms with van der Waals surface area (Å²) >= 11 is 11.9. The summed E-state index contributed by atoms with van der Waals surface area (Å²) in [5.41, 5.74) is 0.798. The zero-order valence-corrected chi connectivity index (χ0v) is 14.1. The van der Waals surface area contributed by atoms with E-state index >= 15 is 0 Å². The van der Waals surface area contributed by atoms with Crippen molar-refractivity contribution in [1.82, 2.24) is 5.32 Å². The Labute approximate surface area is 145 Å². The van der Waals surface area contributed by atoms with E-state index in [1.807, 2.05) is 30.3 Å². The fourth-order valence-corrected chi connectivity index (χ4v) is 2.39. The molecule has 4 nitrogen and oxygen atoms in total. The molecule has 0 aromatic heterocycles. The third-order valence-corrected chi connectivity index (χ3v) is 3.95. The molecule has 6 heteroatoms. The first-order valence-corrected chi connectivity index (χ1v) is 7.81. The number of nitrogens with one attached hydrogen (secondary N) is 1. The molecule has 2 aromatic rings. The van der Waals surface area contributed by atoms with Gasteiger partial charge in [0, 0.05) is 7.11 Å². The first-order chi connectivity index (χ1) is 11.1. The summed E-state index contributed by atoms with van der Waals surface area (Å²) in [5, 5.41) is 3.56. The Hall–Kier alpha value is -1.75. The summed E-state index contributed by atoms with van der Waals surface area (Å²) < 4.78 is 10.8. The molecule has 0 saturated heterocycles. The van der Waals surface area contributed by atoms with Gasteiger partial charge in [-0.2, -0.15) is 0 Å². The first-order valence-electron chi connectivity index (χ1n) is 7.05. The SMILES string of the molecule is CO[C@@H](C(=O)NCCOc1cccc(Cl)c1Cl)c1ccccc1. The summed E-state index contributed by atoms with van der Waals surface area (Å²) in [7, 11) is 1.50. The standard InChI is InChI=1S/C17H17Cl2NO3/c1-22-16(12-6-3-2-4-7-12)17(21)20-10-11-23-14-9-5-8-13(18)15(14)19/h2-9,16H,10-11H2,1H3,(H,20,21)/t16-/m1/s1. The van der Waals surface area contributed by atoms with E-state index in [9.17, 15) is 4.79 Å². The molecule has 0 heterocycles. The summed E-state index contributed by atoms with van der Waals surface area (Å²) in [6.45, 7) is 0.603. The lowest BCUT2D eigenvalue weighted by Gasteiger charge is -2.16. The average molecular weight is 354 g/mol. The Morgan fingerprint density at radius 2 is 1.87 bits per heavy atom. The topological polar surface area (TPSA) is 47.6 Å². The lowest BCUT2D eigenvalue weighted by Crippen LogP contribution is -2.33. The molecule has 23 heavy (non-hydrogen) atoms. The molecule has 0 saturated carbocycles. The van der Waals surface area contributed by atoms with Crippen LogP contribution in [-0.4, -0.2) is 26.2 Å². The van der Waals surface area contributed by atoms with Crippen LogP contribution in [0, 0.1) is 0 Å². The number of carbonyl (C=O) groups excluding carboxylic acids is 1. The van der Waals surface area contributed by atoms with Crippen LogP contribution in [0.5, 0.6) is 5.75 Å². The Morgan fingerprint density at radius 1 is 1.13 bits per heavy atom. The minimum absolute atomic E-state index is 0.223. The number of hydrogen-bond acceptors (Lipinski definition) is 3. The first kappa shape index (κ1) is 17.6. The second kappa shape index (κ2) is 8.77. The Balaban J connectivity index is 1.83. The van der Waals surface area contributed by atoms with Gasteiger partial charge < -0.3 is 14.8 Å².